The number of nitrogens with one attached hydrogen (secondary N) is 2. The van der Waals surface area contributed by atoms with Gasteiger partial charge in [-0.2, -0.15) is 5.53 Å². The third kappa shape index (κ3) is 2.62. The molecule has 0 atom stereocenters. The Bertz CT molecular complexity index is 114. The summed E-state index contributed by atoms with van der Waals surface area (Å²) in [5, 5.41) is 2.20. The van der Waals surface area contributed by atoms with E-state index in [2.05, 4.69) is 11.0 Å². The van der Waals surface area contributed by atoms with Crippen LogP contribution < -0.4 is 16.8 Å². The Morgan fingerprint density at radius 1 is 1.50 bits per heavy atom. The minimum absolute atomic E-state index is 0.325. The molecule has 0 aliphatic carbocycles. The van der Waals surface area contributed by atoms with Crippen LogP contribution in [-0.4, -0.2) is 37.2 Å². The van der Waals surface area contributed by atoms with Crippen molar-refractivity contribution in [1.29, 1.82) is 0 Å². The predicted octanol–water partition coefficient (Wildman–Crippen LogP) is -1.52. The van der Waals surface area contributed by atoms with Crippen LogP contribution >= 0.6 is 0 Å². The van der Waals surface area contributed by atoms with Crippen LogP contribution in [0, 0.1) is 0 Å². The Hall–Kier alpha value is -0.850. The highest BCUT2D eigenvalue weighted by Crippen LogP contribution is 1.80. The molecule has 0 saturated heterocycles. The summed E-state index contributed by atoms with van der Waals surface area (Å²) in [6, 6.07) is -0.325. The highest BCUT2D eigenvalue weighted by molar-refractivity contribution is 5.72. The zero-order valence-corrected chi connectivity index (χ0v) is 6.38. The summed E-state index contributed by atoms with van der Waals surface area (Å²) in [6.45, 7) is 0. The summed E-state index contributed by atoms with van der Waals surface area (Å²) in [5.41, 5.74) is 5.11. The molecule has 0 aromatic rings. The molecule has 60 valence electrons. The van der Waals surface area contributed by atoms with Crippen molar-refractivity contribution >= 4 is 6.03 Å². The number of urea groups is 1. The second-order valence-electron chi connectivity index (χ2n) is 1.81. The molecule has 0 aliphatic rings. The SMILES string of the molecule is CNNN(C)C(=O)N(C)N. The van der Waals surface area contributed by atoms with Gasteiger partial charge < -0.3 is 0 Å². The van der Waals surface area contributed by atoms with E-state index in [-0.39, 0.29) is 6.03 Å². The van der Waals surface area contributed by atoms with Crippen molar-refractivity contribution in [3.05, 3.63) is 0 Å². The number of nitrogens with two attached hydrogens (primary N) is 1. The first-order chi connectivity index (χ1) is 4.59. The van der Waals surface area contributed by atoms with Gasteiger partial charge in [-0.1, -0.05) is 0 Å². The average molecular weight is 147 g/mol. The van der Waals surface area contributed by atoms with Crippen molar-refractivity contribution in [1.82, 2.24) is 21.0 Å². The van der Waals surface area contributed by atoms with Crippen LogP contribution in [0.4, 0.5) is 4.79 Å². The zero-order valence-electron chi connectivity index (χ0n) is 6.38. The molecule has 4 N–H and O–H groups in total. The molecular formula is C4H13N5O. The molecule has 2 amide bonds. The van der Waals surface area contributed by atoms with Crippen molar-refractivity contribution in [3.8, 4) is 0 Å². The molecule has 0 saturated carbocycles. The first kappa shape index (κ1) is 9.15. The lowest BCUT2D eigenvalue weighted by molar-refractivity contribution is 0.144. The minimum atomic E-state index is -0.325. The Balaban J connectivity index is 3.71. The van der Waals surface area contributed by atoms with E-state index in [9.17, 15) is 4.79 Å². The summed E-state index contributed by atoms with van der Waals surface area (Å²) in [4.78, 5) is 10.9. The molecule has 0 aromatic heterocycles. The molecule has 0 fully saturated rings. The van der Waals surface area contributed by atoms with Gasteiger partial charge in [0.1, 0.15) is 0 Å². The summed E-state index contributed by atoms with van der Waals surface area (Å²) >= 11 is 0. The third-order valence-electron chi connectivity index (χ3n) is 0.868. The van der Waals surface area contributed by atoms with E-state index in [4.69, 9.17) is 5.84 Å². The van der Waals surface area contributed by atoms with Gasteiger partial charge in [0.05, 0.1) is 0 Å². The van der Waals surface area contributed by atoms with Gasteiger partial charge in [0.2, 0.25) is 0 Å². The number of amides is 2. The number of rotatable bonds is 2. The normalized spacial score (nSPS) is 9.20. The number of nitrogens with zero attached hydrogens (tertiary/aromatic N) is 2. The van der Waals surface area contributed by atoms with Gasteiger partial charge in [-0.05, 0) is 0 Å². The smallest absolute Gasteiger partial charge is 0.264 e. The topological polar surface area (TPSA) is 73.6 Å². The van der Waals surface area contributed by atoms with Crippen molar-refractivity contribution in [2.45, 2.75) is 0 Å². The maximum atomic E-state index is 10.9. The van der Waals surface area contributed by atoms with Gasteiger partial charge in [0, 0.05) is 21.1 Å². The van der Waals surface area contributed by atoms with E-state index in [0.29, 0.717) is 0 Å². The van der Waals surface area contributed by atoms with Crippen LogP contribution in [0.3, 0.4) is 0 Å². The van der Waals surface area contributed by atoms with Gasteiger partial charge in [0.15, 0.2) is 0 Å². The van der Waals surface area contributed by atoms with Crippen LogP contribution in [0.1, 0.15) is 0 Å². The zero-order chi connectivity index (χ0) is 8.15. The first-order valence-electron chi connectivity index (χ1n) is 2.78. The van der Waals surface area contributed by atoms with Gasteiger partial charge in [-0.15, -0.1) is 0 Å². The molecule has 6 nitrogen and oxygen atoms in total. The lowest BCUT2D eigenvalue weighted by atomic mass is 10.9. The standard InChI is InChI=1S/C4H13N5O/c1-6-7-9(3)4(10)8(2)5/h6-7H,5H2,1-3H3. The van der Waals surface area contributed by atoms with Crippen molar-refractivity contribution in [2.75, 3.05) is 21.1 Å². The molecule has 0 aromatic carbocycles. The Kier molecular flexibility index (Phi) is 3.70. The van der Waals surface area contributed by atoms with Crippen LogP contribution in [0.5, 0.6) is 0 Å². The Morgan fingerprint density at radius 2 is 2.00 bits per heavy atom. The van der Waals surface area contributed by atoms with Crippen LogP contribution in [0.2, 0.25) is 0 Å². The predicted molar refractivity (Wildman–Crippen MR) is 37.3 cm³/mol. The number of carbonyl (C=O) groups excluding carboxylic acids is 1. The maximum absolute atomic E-state index is 10.9. The van der Waals surface area contributed by atoms with Gasteiger partial charge in [-0.3, -0.25) is 5.01 Å². The fraction of sp³-hybridized carbons (Fsp3) is 0.750. The van der Waals surface area contributed by atoms with E-state index in [1.165, 1.54) is 12.1 Å². The number of hydrogen-bond acceptors (Lipinski definition) is 4. The summed E-state index contributed by atoms with van der Waals surface area (Å²) < 4.78 is 0. The number of carbonyl (C=O) groups is 1. The number of hydrazine groups is 3. The quantitative estimate of drug-likeness (QED) is 0.252. The molecule has 6 heteroatoms. The van der Waals surface area contributed by atoms with E-state index >= 15 is 0 Å². The van der Waals surface area contributed by atoms with Crippen molar-refractivity contribution in [2.24, 2.45) is 5.84 Å². The summed E-state index contributed by atoms with van der Waals surface area (Å²) in [7, 11) is 4.68. The fourth-order valence-corrected chi connectivity index (χ4v) is 0.452. The molecule has 0 aliphatic heterocycles. The van der Waals surface area contributed by atoms with E-state index < -0.39 is 0 Å². The maximum Gasteiger partial charge on any atom is 0.349 e. The highest BCUT2D eigenvalue weighted by Gasteiger charge is 2.08. The summed E-state index contributed by atoms with van der Waals surface area (Å²) in [5.74, 6) is 5.14. The van der Waals surface area contributed by atoms with Crippen LogP contribution in [-0.2, 0) is 0 Å². The molecule has 0 bridgehead atoms. The third-order valence-corrected chi connectivity index (χ3v) is 0.868. The fourth-order valence-electron chi connectivity index (χ4n) is 0.452. The number of hydrogen-bond donors (Lipinski definition) is 3. The second-order valence-corrected chi connectivity index (χ2v) is 1.81. The van der Waals surface area contributed by atoms with Crippen LogP contribution in [0.15, 0.2) is 0 Å². The minimum Gasteiger partial charge on any atom is -0.264 e. The average Bonchev–Trinajstić information content (AvgIpc) is 1.87. The van der Waals surface area contributed by atoms with E-state index in [1.807, 2.05) is 0 Å². The van der Waals surface area contributed by atoms with Crippen molar-refractivity contribution < 1.29 is 4.79 Å². The van der Waals surface area contributed by atoms with Gasteiger partial charge >= 0.3 is 6.03 Å². The Morgan fingerprint density at radius 3 is 2.30 bits per heavy atom. The largest absolute Gasteiger partial charge is 0.349 e. The van der Waals surface area contributed by atoms with E-state index in [0.717, 1.165) is 5.01 Å². The lowest BCUT2D eigenvalue weighted by Crippen LogP contribution is -2.52. The molecule has 0 unspecified atom stereocenters. The molecular weight excluding hydrogens is 134 g/mol. The molecule has 0 radical (unpaired) electrons. The van der Waals surface area contributed by atoms with Gasteiger partial charge in [0.25, 0.3) is 0 Å². The lowest BCUT2D eigenvalue weighted by Gasteiger charge is -2.20. The Labute approximate surface area is 59.9 Å². The van der Waals surface area contributed by atoms with Crippen molar-refractivity contribution in [3.63, 3.8) is 0 Å². The highest BCUT2D eigenvalue weighted by atomic mass is 16.2. The first-order valence-corrected chi connectivity index (χ1v) is 2.78. The molecule has 0 spiro atoms. The summed E-state index contributed by atoms with van der Waals surface area (Å²) in [6.07, 6.45) is 0. The monoisotopic (exact) mass is 147 g/mol. The van der Waals surface area contributed by atoms with Crippen LogP contribution in [0.25, 0.3) is 0 Å². The molecule has 0 rings (SSSR count). The van der Waals surface area contributed by atoms with Gasteiger partial charge in [-0.25, -0.2) is 21.1 Å². The second kappa shape index (κ2) is 4.04. The molecule has 0 heterocycles. The van der Waals surface area contributed by atoms with E-state index in [1.54, 1.807) is 14.1 Å². The molecule has 10 heavy (non-hydrogen) atoms.